The van der Waals surface area contributed by atoms with Gasteiger partial charge in [0.1, 0.15) is 0 Å². The van der Waals surface area contributed by atoms with Crippen molar-refractivity contribution in [3.63, 3.8) is 0 Å². The molecule has 0 fully saturated rings. The predicted molar refractivity (Wildman–Crippen MR) is 83.5 cm³/mol. The van der Waals surface area contributed by atoms with E-state index < -0.39 is 0 Å². The molecule has 1 aliphatic carbocycles. The van der Waals surface area contributed by atoms with E-state index in [1.54, 1.807) is 0 Å². The minimum absolute atomic E-state index is 0.204. The molecule has 4 rings (SSSR count). The molecule has 2 unspecified atom stereocenters. The van der Waals surface area contributed by atoms with E-state index in [-0.39, 0.29) is 5.41 Å². The second-order valence-electron chi connectivity index (χ2n) is 6.23. The molecule has 0 amide bonds. The van der Waals surface area contributed by atoms with E-state index >= 15 is 0 Å². The van der Waals surface area contributed by atoms with Crippen LogP contribution >= 0.6 is 0 Å². The predicted octanol–water partition coefficient (Wildman–Crippen LogP) is 4.23. The van der Waals surface area contributed by atoms with Crippen molar-refractivity contribution in [3.05, 3.63) is 71.3 Å². The normalized spacial score (nSPS) is 27.6. The van der Waals surface area contributed by atoms with Crippen molar-refractivity contribution >= 4 is 5.71 Å². The summed E-state index contributed by atoms with van der Waals surface area (Å²) in [6.07, 6.45) is 2.39. The fourth-order valence-corrected chi connectivity index (χ4v) is 3.94. The second kappa shape index (κ2) is 4.31. The van der Waals surface area contributed by atoms with Crippen LogP contribution in [0.4, 0.5) is 0 Å². The Morgan fingerprint density at radius 2 is 1.75 bits per heavy atom. The van der Waals surface area contributed by atoms with Crippen LogP contribution in [0, 0.1) is 5.41 Å². The monoisotopic (exact) mass is 261 g/mol. The third kappa shape index (κ3) is 1.59. The van der Waals surface area contributed by atoms with E-state index in [9.17, 15) is 0 Å². The Labute approximate surface area is 120 Å². The number of nitrogens with zero attached hydrogens (tertiary/aromatic N) is 1. The maximum absolute atomic E-state index is 4.95. The minimum atomic E-state index is 0.204. The van der Waals surface area contributed by atoms with E-state index in [4.69, 9.17) is 4.99 Å². The molecule has 2 aliphatic rings. The van der Waals surface area contributed by atoms with Gasteiger partial charge in [-0.3, -0.25) is 4.99 Å². The molecule has 2 aromatic rings. The highest BCUT2D eigenvalue weighted by Crippen LogP contribution is 2.49. The van der Waals surface area contributed by atoms with E-state index in [2.05, 4.69) is 61.5 Å². The zero-order chi connectivity index (χ0) is 13.6. The summed E-state index contributed by atoms with van der Waals surface area (Å²) in [5.41, 5.74) is 5.84. The summed E-state index contributed by atoms with van der Waals surface area (Å²) in [5, 5.41) is 0. The number of hydrogen-bond donors (Lipinski definition) is 0. The highest BCUT2D eigenvalue weighted by atomic mass is 14.8. The Morgan fingerprint density at radius 3 is 2.60 bits per heavy atom. The van der Waals surface area contributed by atoms with E-state index in [1.165, 1.54) is 35.2 Å². The van der Waals surface area contributed by atoms with Crippen LogP contribution in [-0.4, -0.2) is 12.3 Å². The molecule has 20 heavy (non-hydrogen) atoms. The Bertz CT molecular complexity index is 671. The van der Waals surface area contributed by atoms with Crippen molar-refractivity contribution in [3.8, 4) is 0 Å². The molecule has 0 bridgehead atoms. The highest BCUT2D eigenvalue weighted by molar-refractivity contribution is 6.08. The summed E-state index contributed by atoms with van der Waals surface area (Å²) >= 11 is 0. The highest BCUT2D eigenvalue weighted by Gasteiger charge is 2.46. The lowest BCUT2D eigenvalue weighted by Crippen LogP contribution is -2.35. The van der Waals surface area contributed by atoms with Crippen LogP contribution in [0.25, 0.3) is 0 Å². The number of aliphatic imine (C=N–C) groups is 1. The Balaban J connectivity index is 1.79. The molecule has 1 nitrogen and oxygen atoms in total. The van der Waals surface area contributed by atoms with Crippen LogP contribution in [0.5, 0.6) is 0 Å². The quantitative estimate of drug-likeness (QED) is 0.728. The van der Waals surface area contributed by atoms with Crippen molar-refractivity contribution in [1.82, 2.24) is 0 Å². The number of aryl methyl sites for hydroxylation is 1. The first-order chi connectivity index (χ1) is 9.79. The molecule has 100 valence electrons. The molecule has 1 heteroatoms. The lowest BCUT2D eigenvalue weighted by atomic mass is 9.64. The summed E-state index contributed by atoms with van der Waals surface area (Å²) in [7, 11) is 0. The number of benzene rings is 2. The number of rotatable bonds is 1. The summed E-state index contributed by atoms with van der Waals surface area (Å²) in [5.74, 6) is 0.534. The summed E-state index contributed by atoms with van der Waals surface area (Å²) < 4.78 is 0. The topological polar surface area (TPSA) is 12.4 Å². The molecule has 1 aliphatic heterocycles. The lowest BCUT2D eigenvalue weighted by Gasteiger charge is -2.37. The zero-order valence-electron chi connectivity index (χ0n) is 11.8. The first-order valence-electron chi connectivity index (χ1n) is 7.47. The van der Waals surface area contributed by atoms with E-state index in [1.807, 2.05) is 0 Å². The van der Waals surface area contributed by atoms with Gasteiger partial charge in [0.15, 0.2) is 0 Å². The van der Waals surface area contributed by atoms with Gasteiger partial charge in [0, 0.05) is 23.6 Å². The summed E-state index contributed by atoms with van der Waals surface area (Å²) in [6.45, 7) is 3.34. The summed E-state index contributed by atoms with van der Waals surface area (Å²) in [6, 6.07) is 19.7. The first-order valence-corrected chi connectivity index (χ1v) is 7.47. The molecule has 0 spiro atoms. The molecular weight excluding hydrogens is 242 g/mol. The van der Waals surface area contributed by atoms with Gasteiger partial charge in [-0.1, -0.05) is 61.5 Å². The van der Waals surface area contributed by atoms with Gasteiger partial charge in [-0.2, -0.15) is 0 Å². The largest absolute Gasteiger partial charge is 0.288 e. The maximum Gasteiger partial charge on any atom is 0.0489 e. The zero-order valence-corrected chi connectivity index (χ0v) is 11.8. The maximum atomic E-state index is 4.95. The van der Waals surface area contributed by atoms with Crippen molar-refractivity contribution < 1.29 is 0 Å². The van der Waals surface area contributed by atoms with Crippen molar-refractivity contribution in [2.24, 2.45) is 10.4 Å². The Kier molecular flexibility index (Phi) is 2.56. The van der Waals surface area contributed by atoms with Crippen LogP contribution in [0.1, 0.15) is 36.0 Å². The molecule has 0 aromatic heterocycles. The molecule has 0 saturated carbocycles. The second-order valence-corrected chi connectivity index (χ2v) is 6.23. The van der Waals surface area contributed by atoms with Crippen LogP contribution < -0.4 is 0 Å². The van der Waals surface area contributed by atoms with Gasteiger partial charge >= 0.3 is 0 Å². The molecular formula is C19H19N. The van der Waals surface area contributed by atoms with Gasteiger partial charge in [-0.15, -0.1) is 0 Å². The Morgan fingerprint density at radius 1 is 1.00 bits per heavy atom. The molecule has 2 atom stereocenters. The third-order valence-corrected chi connectivity index (χ3v) is 5.13. The standard InChI is InChI=1S/C19H19N/c1-19-12-11-14-7-5-6-10-16(14)18(19)20-13-17(19)15-8-3-2-4-9-15/h2-10,17H,11-13H2,1H3. The van der Waals surface area contributed by atoms with Gasteiger partial charge < -0.3 is 0 Å². The fraction of sp³-hybridized carbons (Fsp3) is 0.316. The van der Waals surface area contributed by atoms with Gasteiger partial charge in [0.2, 0.25) is 0 Å². The van der Waals surface area contributed by atoms with E-state index in [0.29, 0.717) is 5.92 Å². The van der Waals surface area contributed by atoms with Crippen LogP contribution in [0.15, 0.2) is 59.6 Å². The van der Waals surface area contributed by atoms with Crippen molar-refractivity contribution in [1.29, 1.82) is 0 Å². The fourth-order valence-electron chi connectivity index (χ4n) is 3.94. The average molecular weight is 261 g/mol. The molecule has 2 aromatic carbocycles. The van der Waals surface area contributed by atoms with Crippen molar-refractivity contribution in [2.75, 3.05) is 6.54 Å². The SMILES string of the molecule is CC12CCc3ccccc3C1=NCC2c1ccccc1. The van der Waals surface area contributed by atoms with Gasteiger partial charge in [0.25, 0.3) is 0 Å². The Hall–Kier alpha value is -1.89. The minimum Gasteiger partial charge on any atom is -0.288 e. The van der Waals surface area contributed by atoms with Gasteiger partial charge in [0.05, 0.1) is 0 Å². The average Bonchev–Trinajstić information content (AvgIpc) is 2.86. The van der Waals surface area contributed by atoms with Gasteiger partial charge in [-0.05, 0) is 29.5 Å². The lowest BCUT2D eigenvalue weighted by molar-refractivity contribution is 0.364. The first kappa shape index (κ1) is 11.9. The summed E-state index contributed by atoms with van der Waals surface area (Å²) in [4.78, 5) is 4.95. The molecule has 1 heterocycles. The molecule has 0 saturated heterocycles. The smallest absolute Gasteiger partial charge is 0.0489 e. The number of fused-ring (bicyclic) bond motifs is 3. The van der Waals surface area contributed by atoms with Crippen LogP contribution in [-0.2, 0) is 6.42 Å². The molecule has 0 radical (unpaired) electrons. The third-order valence-electron chi connectivity index (χ3n) is 5.13. The van der Waals surface area contributed by atoms with Crippen LogP contribution in [0.3, 0.4) is 0 Å². The van der Waals surface area contributed by atoms with Crippen LogP contribution in [0.2, 0.25) is 0 Å². The van der Waals surface area contributed by atoms with E-state index in [0.717, 1.165) is 6.54 Å². The van der Waals surface area contributed by atoms with Crippen molar-refractivity contribution in [2.45, 2.75) is 25.7 Å². The van der Waals surface area contributed by atoms with Gasteiger partial charge in [-0.25, -0.2) is 0 Å². The molecule has 0 N–H and O–H groups in total. The number of hydrogen-bond acceptors (Lipinski definition) is 1.